The van der Waals surface area contributed by atoms with Gasteiger partial charge in [-0.1, -0.05) is 12.1 Å². The molecule has 1 unspecified atom stereocenters. The van der Waals surface area contributed by atoms with Crippen LogP contribution < -0.4 is 14.2 Å². The number of fused-ring (bicyclic) bond motifs is 4. The minimum absolute atomic E-state index is 0.194. The summed E-state index contributed by atoms with van der Waals surface area (Å²) >= 11 is 0. The number of methoxy groups -OCH3 is 2. The van der Waals surface area contributed by atoms with Gasteiger partial charge in [0.05, 0.1) is 26.0 Å². The van der Waals surface area contributed by atoms with Gasteiger partial charge < -0.3 is 14.2 Å². The molecular formula is C22H24N2O3. The van der Waals surface area contributed by atoms with Gasteiger partial charge in [0, 0.05) is 24.8 Å². The molecule has 27 heavy (non-hydrogen) atoms. The lowest BCUT2D eigenvalue weighted by atomic mass is 9.93. The van der Waals surface area contributed by atoms with Crippen molar-refractivity contribution in [2.24, 2.45) is 5.10 Å². The highest BCUT2D eigenvalue weighted by Crippen LogP contribution is 2.54. The van der Waals surface area contributed by atoms with Crippen LogP contribution in [-0.4, -0.2) is 30.7 Å². The Morgan fingerprint density at radius 2 is 1.81 bits per heavy atom. The SMILES string of the molecule is COc1ccc(C2=NN3C(C2)c2cccc(OC)c2OC32CCCC2)cc1. The number of rotatable bonds is 3. The molecule has 2 heterocycles. The first kappa shape index (κ1) is 16.5. The van der Waals surface area contributed by atoms with E-state index in [0.29, 0.717) is 0 Å². The summed E-state index contributed by atoms with van der Waals surface area (Å²) in [4.78, 5) is 0. The third-order valence-electron chi connectivity index (χ3n) is 6.02. The summed E-state index contributed by atoms with van der Waals surface area (Å²) in [6, 6.07) is 14.5. The Bertz CT molecular complexity index is 885. The quantitative estimate of drug-likeness (QED) is 0.803. The highest BCUT2D eigenvalue weighted by atomic mass is 16.5. The van der Waals surface area contributed by atoms with Crippen molar-refractivity contribution in [2.75, 3.05) is 14.2 Å². The molecule has 1 saturated carbocycles. The van der Waals surface area contributed by atoms with Crippen molar-refractivity contribution in [3.8, 4) is 17.2 Å². The average molecular weight is 364 g/mol. The number of para-hydroxylation sites is 1. The number of nitrogens with zero attached hydrogens (tertiary/aromatic N) is 2. The van der Waals surface area contributed by atoms with E-state index in [9.17, 15) is 0 Å². The van der Waals surface area contributed by atoms with Gasteiger partial charge in [0.15, 0.2) is 17.2 Å². The van der Waals surface area contributed by atoms with E-state index >= 15 is 0 Å². The first-order valence-corrected chi connectivity index (χ1v) is 9.61. The van der Waals surface area contributed by atoms with E-state index in [4.69, 9.17) is 19.3 Å². The van der Waals surface area contributed by atoms with Crippen LogP contribution in [0.4, 0.5) is 0 Å². The van der Waals surface area contributed by atoms with Gasteiger partial charge in [-0.3, -0.25) is 0 Å². The van der Waals surface area contributed by atoms with Gasteiger partial charge in [0.25, 0.3) is 0 Å². The predicted octanol–water partition coefficient (Wildman–Crippen LogP) is 4.52. The van der Waals surface area contributed by atoms with Gasteiger partial charge in [0.1, 0.15) is 5.75 Å². The van der Waals surface area contributed by atoms with Crippen molar-refractivity contribution in [3.05, 3.63) is 53.6 Å². The van der Waals surface area contributed by atoms with Crippen molar-refractivity contribution >= 4 is 5.71 Å². The topological polar surface area (TPSA) is 43.3 Å². The van der Waals surface area contributed by atoms with Crippen LogP contribution in [0.2, 0.25) is 0 Å². The van der Waals surface area contributed by atoms with Gasteiger partial charge >= 0.3 is 0 Å². The second-order valence-electron chi connectivity index (χ2n) is 7.47. The molecule has 1 fully saturated rings. The highest BCUT2D eigenvalue weighted by molar-refractivity contribution is 6.02. The summed E-state index contributed by atoms with van der Waals surface area (Å²) in [6.07, 6.45) is 5.21. The Morgan fingerprint density at radius 3 is 2.52 bits per heavy atom. The lowest BCUT2D eigenvalue weighted by Gasteiger charge is -2.46. The number of benzene rings is 2. The molecule has 0 bridgehead atoms. The van der Waals surface area contributed by atoms with Gasteiger partial charge in [-0.2, -0.15) is 5.10 Å². The summed E-state index contributed by atoms with van der Waals surface area (Å²) in [5, 5.41) is 7.31. The zero-order valence-electron chi connectivity index (χ0n) is 15.8. The number of hydrazone groups is 1. The maximum atomic E-state index is 6.61. The van der Waals surface area contributed by atoms with E-state index in [-0.39, 0.29) is 11.8 Å². The standard InChI is InChI=1S/C22H24N2O3/c1-25-16-10-8-15(9-11-16)18-14-19-17-6-5-7-20(26-2)21(17)27-22(24(19)23-18)12-3-4-13-22/h5-11,19H,3-4,12-14H2,1-2H3. The molecular weight excluding hydrogens is 340 g/mol. The van der Waals surface area contributed by atoms with E-state index in [2.05, 4.69) is 23.2 Å². The van der Waals surface area contributed by atoms with Crippen LogP contribution in [0.3, 0.4) is 0 Å². The zero-order chi connectivity index (χ0) is 18.4. The van der Waals surface area contributed by atoms with Crippen molar-refractivity contribution < 1.29 is 14.2 Å². The van der Waals surface area contributed by atoms with E-state index in [0.717, 1.165) is 47.8 Å². The molecule has 5 nitrogen and oxygen atoms in total. The third kappa shape index (κ3) is 2.48. The van der Waals surface area contributed by atoms with E-state index < -0.39 is 0 Å². The van der Waals surface area contributed by atoms with Crippen molar-refractivity contribution in [2.45, 2.75) is 43.9 Å². The molecule has 5 rings (SSSR count). The molecule has 1 spiro atoms. The summed E-state index contributed by atoms with van der Waals surface area (Å²) in [7, 11) is 3.40. The van der Waals surface area contributed by atoms with Crippen LogP contribution in [0, 0.1) is 0 Å². The summed E-state index contributed by atoms with van der Waals surface area (Å²) in [6.45, 7) is 0. The first-order chi connectivity index (χ1) is 13.2. The summed E-state index contributed by atoms with van der Waals surface area (Å²) in [5.74, 6) is 2.58. The first-order valence-electron chi connectivity index (χ1n) is 9.61. The Kier molecular flexibility index (Phi) is 3.78. The van der Waals surface area contributed by atoms with Crippen molar-refractivity contribution in [1.82, 2.24) is 5.01 Å². The molecule has 0 aromatic heterocycles. The molecule has 1 atom stereocenters. The Morgan fingerprint density at radius 1 is 1.04 bits per heavy atom. The van der Waals surface area contributed by atoms with Gasteiger partial charge in [-0.25, -0.2) is 5.01 Å². The Balaban J connectivity index is 1.58. The molecule has 2 aliphatic heterocycles. The van der Waals surface area contributed by atoms with Crippen LogP contribution in [0.5, 0.6) is 17.2 Å². The van der Waals surface area contributed by atoms with Crippen LogP contribution in [-0.2, 0) is 0 Å². The monoisotopic (exact) mass is 364 g/mol. The molecule has 0 N–H and O–H groups in total. The van der Waals surface area contributed by atoms with Gasteiger partial charge in [-0.05, 0) is 48.7 Å². The molecule has 2 aromatic carbocycles. The van der Waals surface area contributed by atoms with Gasteiger partial charge in [0.2, 0.25) is 0 Å². The van der Waals surface area contributed by atoms with E-state index in [1.54, 1.807) is 14.2 Å². The number of hydrogen-bond acceptors (Lipinski definition) is 5. The van der Waals surface area contributed by atoms with Crippen LogP contribution in [0.25, 0.3) is 0 Å². The predicted molar refractivity (Wildman–Crippen MR) is 104 cm³/mol. The maximum Gasteiger partial charge on any atom is 0.198 e. The summed E-state index contributed by atoms with van der Waals surface area (Å²) in [5.41, 5.74) is 3.07. The Labute approximate surface area is 159 Å². The normalized spacial score (nSPS) is 22.1. The lowest BCUT2D eigenvalue weighted by Crippen LogP contribution is -2.51. The van der Waals surface area contributed by atoms with Gasteiger partial charge in [-0.15, -0.1) is 0 Å². The van der Waals surface area contributed by atoms with Crippen molar-refractivity contribution in [1.29, 1.82) is 0 Å². The third-order valence-corrected chi connectivity index (χ3v) is 6.02. The molecule has 1 aliphatic carbocycles. The van der Waals surface area contributed by atoms with Crippen LogP contribution in [0.1, 0.15) is 49.3 Å². The fraction of sp³-hybridized carbons (Fsp3) is 0.409. The van der Waals surface area contributed by atoms with Crippen LogP contribution >= 0.6 is 0 Å². The molecule has 140 valence electrons. The minimum atomic E-state index is -0.347. The minimum Gasteiger partial charge on any atom is -0.497 e. The number of hydrogen-bond donors (Lipinski definition) is 0. The largest absolute Gasteiger partial charge is 0.497 e. The summed E-state index contributed by atoms with van der Waals surface area (Å²) < 4.78 is 17.5. The second kappa shape index (κ2) is 6.19. The molecule has 2 aromatic rings. The van der Waals surface area contributed by atoms with Crippen LogP contribution in [0.15, 0.2) is 47.6 Å². The molecule has 0 radical (unpaired) electrons. The molecule has 0 amide bonds. The van der Waals surface area contributed by atoms with Crippen molar-refractivity contribution in [3.63, 3.8) is 0 Å². The number of ether oxygens (including phenoxy) is 3. The fourth-order valence-electron chi connectivity index (χ4n) is 4.65. The van der Waals surface area contributed by atoms with E-state index in [1.807, 2.05) is 24.3 Å². The smallest absolute Gasteiger partial charge is 0.198 e. The fourth-order valence-corrected chi connectivity index (χ4v) is 4.65. The van der Waals surface area contributed by atoms with E-state index in [1.165, 1.54) is 18.4 Å². The average Bonchev–Trinajstić information content (AvgIpc) is 3.36. The second-order valence-corrected chi connectivity index (χ2v) is 7.47. The zero-order valence-corrected chi connectivity index (χ0v) is 15.8. The molecule has 0 saturated heterocycles. The maximum absolute atomic E-state index is 6.61. The lowest BCUT2D eigenvalue weighted by molar-refractivity contribution is -0.115. The highest BCUT2D eigenvalue weighted by Gasteiger charge is 2.52. The Hall–Kier alpha value is -2.69. The molecule has 5 heteroatoms. The molecule has 3 aliphatic rings.